The minimum Gasteiger partial charge on any atom is -0.344 e. The molecule has 0 atom stereocenters. The summed E-state index contributed by atoms with van der Waals surface area (Å²) >= 11 is 2.18. The first-order chi connectivity index (χ1) is 2.81. The van der Waals surface area contributed by atoms with Gasteiger partial charge < -0.3 is 6.15 Å². The average molecular weight is 211 g/mol. The van der Waals surface area contributed by atoms with Gasteiger partial charge in [0.05, 0.1) is 0 Å². The molecule has 42 valence electrons. The van der Waals surface area contributed by atoms with Gasteiger partial charge in [-0.25, -0.2) is 0 Å². The first kappa shape index (κ1) is 10.2. The molecule has 2 heteroatoms. The number of hydrogen-bond acceptors (Lipinski definition) is 1. The predicted molar refractivity (Wildman–Crippen MR) is 43.0 cm³/mol. The van der Waals surface area contributed by atoms with Gasteiger partial charge in [0.1, 0.15) is 0 Å². The van der Waals surface area contributed by atoms with Gasteiger partial charge in [-0.15, -0.1) is 0 Å². The molecule has 0 aromatic heterocycles. The highest BCUT2D eigenvalue weighted by Gasteiger charge is 1.68. The summed E-state index contributed by atoms with van der Waals surface area (Å²) in [5.74, 6) is 0. The highest BCUT2D eigenvalue weighted by atomic mass is 127. The van der Waals surface area contributed by atoms with Crippen LogP contribution in [0.5, 0.6) is 0 Å². The van der Waals surface area contributed by atoms with E-state index in [2.05, 4.69) is 29.2 Å². The zero-order valence-corrected chi connectivity index (χ0v) is 6.60. The van der Waals surface area contributed by atoms with Gasteiger partial charge in [-0.1, -0.05) is 35.2 Å². The summed E-state index contributed by atoms with van der Waals surface area (Å²) in [6.07, 6.45) is 1.83. The molecule has 0 saturated carbocycles. The summed E-state index contributed by atoms with van der Waals surface area (Å²) < 4.78 is 1.99. The van der Waals surface area contributed by atoms with Crippen LogP contribution >= 0.6 is 22.6 Å². The topological polar surface area (TPSA) is 35.0 Å². The molecule has 0 aromatic rings. The van der Waals surface area contributed by atoms with E-state index >= 15 is 0 Å². The molecule has 3 N–H and O–H groups in total. The molecule has 0 aliphatic carbocycles. The number of halogens is 1. The molecule has 0 rings (SSSR count). The van der Waals surface area contributed by atoms with Crippen molar-refractivity contribution >= 4 is 22.6 Å². The molecule has 0 fully saturated rings. The van der Waals surface area contributed by atoms with E-state index in [0.717, 1.165) is 0 Å². The van der Waals surface area contributed by atoms with Crippen LogP contribution in [0.1, 0.15) is 6.92 Å². The Morgan fingerprint density at radius 3 is 2.14 bits per heavy atom. The Balaban J connectivity index is 0. The zero-order valence-electron chi connectivity index (χ0n) is 4.45. The van der Waals surface area contributed by atoms with Gasteiger partial charge in [0.15, 0.2) is 0 Å². The molecule has 0 bridgehead atoms. The van der Waals surface area contributed by atoms with Crippen LogP contribution in [0.2, 0.25) is 0 Å². The molecule has 0 heterocycles. The predicted octanol–water partition coefficient (Wildman–Crippen LogP) is 2.67. The highest BCUT2D eigenvalue weighted by molar-refractivity contribution is 14.1. The van der Waals surface area contributed by atoms with E-state index in [4.69, 9.17) is 0 Å². The Bertz CT molecular complexity index is 76.1. The summed E-state index contributed by atoms with van der Waals surface area (Å²) in [5.41, 5.74) is 1.22. The summed E-state index contributed by atoms with van der Waals surface area (Å²) in [6, 6.07) is 0. The average Bonchev–Trinajstić information content (AvgIpc) is 1.65. The standard InChI is InChI=1S/C5H7I.H3N/c1-3-5(2)4-6;/h3-4H,1H2,2H3;1H3/b5-4-;. The van der Waals surface area contributed by atoms with Gasteiger partial charge >= 0.3 is 0 Å². The van der Waals surface area contributed by atoms with E-state index in [1.54, 1.807) is 0 Å². The lowest BCUT2D eigenvalue weighted by Gasteiger charge is -1.77. The van der Waals surface area contributed by atoms with E-state index in [9.17, 15) is 0 Å². The minimum absolute atomic E-state index is 0. The molecule has 0 aromatic carbocycles. The lowest BCUT2D eigenvalue weighted by atomic mass is 10.4. The molecule has 0 aliphatic heterocycles. The number of allylic oxidation sites excluding steroid dienone is 2. The van der Waals surface area contributed by atoms with Crippen molar-refractivity contribution in [3.05, 3.63) is 22.3 Å². The zero-order chi connectivity index (χ0) is 4.99. The third-order valence-electron chi connectivity index (χ3n) is 0.494. The van der Waals surface area contributed by atoms with Crippen molar-refractivity contribution in [3.63, 3.8) is 0 Å². The van der Waals surface area contributed by atoms with Crippen LogP contribution < -0.4 is 6.15 Å². The summed E-state index contributed by atoms with van der Waals surface area (Å²) in [5, 5.41) is 0. The maximum Gasteiger partial charge on any atom is -0.0205 e. The number of rotatable bonds is 1. The molecular formula is C5H10IN. The molecular weight excluding hydrogens is 201 g/mol. The molecule has 0 aliphatic rings. The van der Waals surface area contributed by atoms with Crippen LogP contribution in [0.3, 0.4) is 0 Å². The van der Waals surface area contributed by atoms with Gasteiger partial charge in [0, 0.05) is 0 Å². The van der Waals surface area contributed by atoms with Crippen molar-refractivity contribution in [2.45, 2.75) is 6.92 Å². The van der Waals surface area contributed by atoms with Crippen LogP contribution in [0.15, 0.2) is 22.3 Å². The fourth-order valence-electron chi connectivity index (χ4n) is 0.0445. The van der Waals surface area contributed by atoms with Crippen molar-refractivity contribution < 1.29 is 0 Å². The monoisotopic (exact) mass is 211 g/mol. The van der Waals surface area contributed by atoms with Crippen LogP contribution in [-0.2, 0) is 0 Å². The second-order valence-corrected chi connectivity index (χ2v) is 1.68. The molecule has 0 unspecified atom stereocenters. The third-order valence-corrected chi connectivity index (χ3v) is 1.48. The Morgan fingerprint density at radius 1 is 1.71 bits per heavy atom. The van der Waals surface area contributed by atoms with E-state index in [-0.39, 0.29) is 6.15 Å². The smallest absolute Gasteiger partial charge is 0.0205 e. The first-order valence-corrected chi connectivity index (χ1v) is 2.95. The summed E-state index contributed by atoms with van der Waals surface area (Å²) in [7, 11) is 0. The SMILES string of the molecule is C=C/C(C)=C\I.N. The molecule has 7 heavy (non-hydrogen) atoms. The second-order valence-electron chi connectivity index (χ2n) is 1.06. The van der Waals surface area contributed by atoms with E-state index in [1.807, 2.05) is 17.1 Å². The van der Waals surface area contributed by atoms with Crippen molar-refractivity contribution in [2.24, 2.45) is 0 Å². The molecule has 0 radical (unpaired) electrons. The van der Waals surface area contributed by atoms with Gasteiger partial charge in [0.2, 0.25) is 0 Å². The van der Waals surface area contributed by atoms with Crippen molar-refractivity contribution in [1.29, 1.82) is 0 Å². The molecule has 1 nitrogen and oxygen atoms in total. The molecule has 0 amide bonds. The van der Waals surface area contributed by atoms with Crippen molar-refractivity contribution in [2.75, 3.05) is 0 Å². The molecule has 0 spiro atoms. The maximum atomic E-state index is 3.56. The Morgan fingerprint density at radius 2 is 2.14 bits per heavy atom. The summed E-state index contributed by atoms with van der Waals surface area (Å²) in [6.45, 7) is 5.57. The fourth-order valence-corrected chi connectivity index (χ4v) is 0.299. The fraction of sp³-hybridized carbons (Fsp3) is 0.200. The molecule has 0 saturated heterocycles. The van der Waals surface area contributed by atoms with Crippen molar-refractivity contribution in [3.8, 4) is 0 Å². The van der Waals surface area contributed by atoms with Crippen LogP contribution in [-0.4, -0.2) is 0 Å². The number of hydrogen-bond donors (Lipinski definition) is 1. The maximum absolute atomic E-state index is 3.56. The van der Waals surface area contributed by atoms with Gasteiger partial charge in [-0.05, 0) is 16.6 Å². The quantitative estimate of drug-likeness (QED) is 0.525. The minimum atomic E-state index is 0. The Hall–Kier alpha value is 0.170. The van der Waals surface area contributed by atoms with E-state index in [0.29, 0.717) is 0 Å². The van der Waals surface area contributed by atoms with Crippen LogP contribution in [0.25, 0.3) is 0 Å². The van der Waals surface area contributed by atoms with Gasteiger partial charge in [0.25, 0.3) is 0 Å². The summed E-state index contributed by atoms with van der Waals surface area (Å²) in [4.78, 5) is 0. The lowest BCUT2D eigenvalue weighted by Crippen LogP contribution is -1.54. The van der Waals surface area contributed by atoms with E-state index in [1.165, 1.54) is 5.57 Å². The van der Waals surface area contributed by atoms with Gasteiger partial charge in [-0.2, -0.15) is 0 Å². The van der Waals surface area contributed by atoms with Gasteiger partial charge in [-0.3, -0.25) is 0 Å². The highest BCUT2D eigenvalue weighted by Crippen LogP contribution is 1.95. The van der Waals surface area contributed by atoms with Crippen LogP contribution in [0.4, 0.5) is 0 Å². The van der Waals surface area contributed by atoms with E-state index < -0.39 is 0 Å². The first-order valence-electron chi connectivity index (χ1n) is 1.70. The normalized spacial score (nSPS) is 9.71. The van der Waals surface area contributed by atoms with Crippen LogP contribution in [0, 0.1) is 0 Å². The largest absolute Gasteiger partial charge is 0.344 e. The Kier molecular flexibility index (Phi) is 9.00. The second kappa shape index (κ2) is 6.17. The third kappa shape index (κ3) is 6.17. The lowest BCUT2D eigenvalue weighted by molar-refractivity contribution is 1.57. The van der Waals surface area contributed by atoms with Crippen molar-refractivity contribution in [1.82, 2.24) is 6.15 Å². The Labute approximate surface area is 58.2 Å².